The van der Waals surface area contributed by atoms with Crippen molar-refractivity contribution >= 4 is 22.5 Å². The molecule has 128 valence electrons. The molecule has 1 N–H and O–H groups in total. The van der Waals surface area contributed by atoms with Crippen LogP contribution in [0, 0.1) is 5.41 Å². The molecule has 3 aromatic rings. The molecule has 3 rings (SSSR count). The van der Waals surface area contributed by atoms with Gasteiger partial charge in [-0.25, -0.2) is 0 Å². The summed E-state index contributed by atoms with van der Waals surface area (Å²) in [6, 6.07) is 15.4. The topological polar surface area (TPSA) is 49.9 Å². The van der Waals surface area contributed by atoms with E-state index in [2.05, 4.69) is 4.98 Å². The number of hydrogen-bond donors (Lipinski definition) is 1. The van der Waals surface area contributed by atoms with Crippen molar-refractivity contribution in [2.75, 3.05) is 0 Å². The van der Waals surface area contributed by atoms with Gasteiger partial charge in [-0.05, 0) is 24.0 Å². The van der Waals surface area contributed by atoms with E-state index in [9.17, 15) is 9.59 Å². The number of carbonyl (C=O) groups is 2. The molecule has 0 atom stereocenters. The summed E-state index contributed by atoms with van der Waals surface area (Å²) in [6.07, 6.45) is 0.440. The van der Waals surface area contributed by atoms with E-state index >= 15 is 0 Å². The number of benzene rings is 2. The van der Waals surface area contributed by atoms with Gasteiger partial charge in [0.05, 0.1) is 11.3 Å². The smallest absolute Gasteiger partial charge is 0.164 e. The molecule has 0 aliphatic heterocycles. The lowest BCUT2D eigenvalue weighted by molar-refractivity contribution is 0.0941. The molecule has 0 saturated heterocycles. The van der Waals surface area contributed by atoms with Gasteiger partial charge in [0.25, 0.3) is 0 Å². The molecule has 0 bridgehead atoms. The number of aromatic nitrogens is 1. The van der Waals surface area contributed by atoms with Crippen molar-refractivity contribution in [3.63, 3.8) is 0 Å². The predicted octanol–water partition coefficient (Wildman–Crippen LogP) is 5.66. The summed E-state index contributed by atoms with van der Waals surface area (Å²) < 4.78 is 0. The average molecular weight is 333 g/mol. The summed E-state index contributed by atoms with van der Waals surface area (Å²) in [4.78, 5) is 28.7. The molecule has 25 heavy (non-hydrogen) atoms. The van der Waals surface area contributed by atoms with Gasteiger partial charge in [-0.1, -0.05) is 63.2 Å². The highest BCUT2D eigenvalue weighted by Gasteiger charge is 2.24. The van der Waals surface area contributed by atoms with E-state index in [4.69, 9.17) is 0 Å². The lowest BCUT2D eigenvalue weighted by Crippen LogP contribution is -2.13. The van der Waals surface area contributed by atoms with Gasteiger partial charge in [-0.3, -0.25) is 9.59 Å². The summed E-state index contributed by atoms with van der Waals surface area (Å²) in [5.74, 6) is 0.0281. The van der Waals surface area contributed by atoms with Gasteiger partial charge in [0.15, 0.2) is 11.6 Å². The summed E-state index contributed by atoms with van der Waals surface area (Å²) in [5, 5.41) is 0.739. The molecule has 0 fully saturated rings. The van der Waals surface area contributed by atoms with Crippen LogP contribution in [0.15, 0.2) is 48.5 Å². The molecule has 3 nitrogen and oxygen atoms in total. The quantitative estimate of drug-likeness (QED) is 0.627. The normalized spacial score (nSPS) is 11.7. The van der Waals surface area contributed by atoms with Crippen molar-refractivity contribution in [2.24, 2.45) is 5.41 Å². The molecule has 0 saturated carbocycles. The first-order chi connectivity index (χ1) is 11.8. The monoisotopic (exact) mass is 333 g/mol. The van der Waals surface area contributed by atoms with E-state index in [1.165, 1.54) is 0 Å². The lowest BCUT2D eigenvalue weighted by Gasteiger charge is -2.17. The molecular formula is C22H23NO2. The van der Waals surface area contributed by atoms with Crippen molar-refractivity contribution in [1.82, 2.24) is 4.98 Å². The number of aromatic amines is 1. The number of nitrogens with one attached hydrogen (secondary N) is 1. The highest BCUT2D eigenvalue weighted by molar-refractivity contribution is 6.19. The van der Waals surface area contributed by atoms with Crippen molar-refractivity contribution in [2.45, 2.75) is 34.1 Å². The zero-order valence-corrected chi connectivity index (χ0v) is 15.1. The molecule has 0 aliphatic carbocycles. The highest BCUT2D eigenvalue weighted by atomic mass is 16.1. The molecule has 1 heterocycles. The summed E-state index contributed by atoms with van der Waals surface area (Å²) >= 11 is 0. The Balaban J connectivity index is 2.26. The largest absolute Gasteiger partial charge is 0.354 e. The summed E-state index contributed by atoms with van der Waals surface area (Å²) in [6.45, 7) is 7.69. The third-order valence-electron chi connectivity index (χ3n) is 4.23. The van der Waals surface area contributed by atoms with Gasteiger partial charge < -0.3 is 4.98 Å². The van der Waals surface area contributed by atoms with Crippen LogP contribution in [0.5, 0.6) is 0 Å². The van der Waals surface area contributed by atoms with Crippen molar-refractivity contribution in [3.05, 3.63) is 59.7 Å². The van der Waals surface area contributed by atoms with Gasteiger partial charge in [0.2, 0.25) is 0 Å². The zero-order valence-electron chi connectivity index (χ0n) is 15.1. The number of hydrogen-bond acceptors (Lipinski definition) is 2. The molecule has 0 aliphatic rings. The summed E-state index contributed by atoms with van der Waals surface area (Å²) in [7, 11) is 0. The predicted molar refractivity (Wildman–Crippen MR) is 102 cm³/mol. The van der Waals surface area contributed by atoms with E-state index in [0.717, 1.165) is 22.2 Å². The Bertz CT molecular complexity index is 943. The van der Waals surface area contributed by atoms with Crippen LogP contribution in [0.3, 0.4) is 0 Å². The Morgan fingerprint density at radius 1 is 0.960 bits per heavy atom. The molecule has 2 aromatic carbocycles. The van der Waals surface area contributed by atoms with Gasteiger partial charge in [-0.2, -0.15) is 0 Å². The van der Waals surface area contributed by atoms with Crippen LogP contribution >= 0.6 is 0 Å². The summed E-state index contributed by atoms with van der Waals surface area (Å²) in [5.41, 5.74) is 3.66. The van der Waals surface area contributed by atoms with E-state index in [0.29, 0.717) is 17.5 Å². The molecule has 0 radical (unpaired) electrons. The van der Waals surface area contributed by atoms with E-state index < -0.39 is 0 Å². The maximum Gasteiger partial charge on any atom is 0.164 e. The van der Waals surface area contributed by atoms with Crippen molar-refractivity contribution in [3.8, 4) is 11.3 Å². The van der Waals surface area contributed by atoms with Crippen LogP contribution < -0.4 is 0 Å². The molecule has 1 aromatic heterocycles. The van der Waals surface area contributed by atoms with Crippen LogP contribution in [0.25, 0.3) is 22.2 Å². The molecule has 0 unspecified atom stereocenters. The van der Waals surface area contributed by atoms with E-state index in [1.54, 1.807) is 6.92 Å². The highest BCUT2D eigenvalue weighted by Crippen LogP contribution is 2.34. The van der Waals surface area contributed by atoms with E-state index in [-0.39, 0.29) is 17.0 Å². The molecule has 0 amide bonds. The molecular weight excluding hydrogens is 310 g/mol. The third kappa shape index (κ3) is 3.41. The number of fused-ring (bicyclic) bond motifs is 1. The number of ketones is 2. The van der Waals surface area contributed by atoms with Crippen molar-refractivity contribution in [1.29, 1.82) is 0 Å². The fourth-order valence-electron chi connectivity index (χ4n) is 3.23. The maximum atomic E-state index is 12.9. The Morgan fingerprint density at radius 2 is 1.64 bits per heavy atom. The number of Topliss-reactive ketones (excluding diaryl/α,β-unsaturated/α-hetero) is 2. The third-order valence-corrected chi connectivity index (χ3v) is 4.23. The Labute approximate surface area is 148 Å². The Hall–Kier alpha value is -2.68. The zero-order chi connectivity index (χ0) is 18.2. The van der Waals surface area contributed by atoms with Crippen LogP contribution in [0.4, 0.5) is 0 Å². The maximum absolute atomic E-state index is 12.9. The first-order valence-electron chi connectivity index (χ1n) is 8.52. The molecule has 3 heteroatoms. The van der Waals surface area contributed by atoms with Crippen LogP contribution in [0.1, 0.15) is 54.8 Å². The van der Waals surface area contributed by atoms with Gasteiger partial charge in [0.1, 0.15) is 0 Å². The van der Waals surface area contributed by atoms with Crippen LogP contribution in [0.2, 0.25) is 0 Å². The first kappa shape index (κ1) is 17.2. The Kier molecular flexibility index (Phi) is 4.34. The first-order valence-corrected chi connectivity index (χ1v) is 8.52. The standard InChI is InChI=1S/C22H23NO2/c1-14(24)19-20-16(18(25)13-22(2,3)4)11-8-12-17(20)23-21(19)15-9-6-5-7-10-15/h5-12,23H,13H2,1-4H3. The second-order valence-corrected chi connectivity index (χ2v) is 7.69. The average Bonchev–Trinajstić information content (AvgIpc) is 2.93. The fourth-order valence-corrected chi connectivity index (χ4v) is 3.23. The fraction of sp³-hybridized carbons (Fsp3) is 0.273. The van der Waals surface area contributed by atoms with Crippen molar-refractivity contribution < 1.29 is 9.59 Å². The second-order valence-electron chi connectivity index (χ2n) is 7.69. The molecule has 0 spiro atoms. The minimum absolute atomic E-state index is 0.0406. The van der Waals surface area contributed by atoms with Crippen LogP contribution in [-0.4, -0.2) is 16.6 Å². The number of H-pyrrole nitrogens is 1. The van der Waals surface area contributed by atoms with E-state index in [1.807, 2.05) is 69.3 Å². The van der Waals surface area contributed by atoms with Gasteiger partial charge >= 0.3 is 0 Å². The lowest BCUT2D eigenvalue weighted by atomic mass is 9.86. The van der Waals surface area contributed by atoms with Gasteiger partial charge in [0, 0.05) is 22.9 Å². The Morgan fingerprint density at radius 3 is 2.24 bits per heavy atom. The van der Waals surface area contributed by atoms with Gasteiger partial charge in [-0.15, -0.1) is 0 Å². The number of rotatable bonds is 4. The van der Waals surface area contributed by atoms with Crippen LogP contribution in [-0.2, 0) is 0 Å². The minimum Gasteiger partial charge on any atom is -0.354 e. The number of carbonyl (C=O) groups excluding carboxylic acids is 2. The SMILES string of the molecule is CC(=O)c1c(-c2ccccc2)[nH]c2cccc(C(=O)CC(C)(C)C)c12. The minimum atomic E-state index is -0.103. The second kappa shape index (κ2) is 6.32.